The highest BCUT2D eigenvalue weighted by atomic mass is 16.3. The Hall–Kier alpha value is -0.870. The van der Waals surface area contributed by atoms with Crippen molar-refractivity contribution in [3.05, 3.63) is 18.2 Å². The normalized spacial score (nSPS) is 33.2. The zero-order valence-corrected chi connectivity index (χ0v) is 10.4. The summed E-state index contributed by atoms with van der Waals surface area (Å²) in [6.45, 7) is 4.14. The van der Waals surface area contributed by atoms with Crippen molar-refractivity contribution in [3.8, 4) is 0 Å². The number of hydrogen-bond acceptors (Lipinski definition) is 3. The third-order valence-electron chi connectivity index (χ3n) is 4.34. The van der Waals surface area contributed by atoms with E-state index in [2.05, 4.69) is 21.4 Å². The summed E-state index contributed by atoms with van der Waals surface area (Å²) in [5.41, 5.74) is 1.31. The first kappa shape index (κ1) is 11.2. The summed E-state index contributed by atoms with van der Waals surface area (Å²) in [6, 6.07) is 1.17. The molecule has 2 aliphatic heterocycles. The molecule has 3 rings (SSSR count). The average molecular weight is 235 g/mol. The van der Waals surface area contributed by atoms with Crippen molar-refractivity contribution >= 4 is 0 Å². The number of aliphatic hydroxyl groups is 1. The lowest BCUT2D eigenvalue weighted by Gasteiger charge is -2.37. The van der Waals surface area contributed by atoms with Crippen LogP contribution >= 0.6 is 0 Å². The van der Waals surface area contributed by atoms with Crippen LogP contribution in [0.4, 0.5) is 0 Å². The Kier molecular flexibility index (Phi) is 2.92. The van der Waals surface area contributed by atoms with Crippen LogP contribution in [-0.4, -0.2) is 37.7 Å². The second-order valence-electron chi connectivity index (χ2n) is 5.35. The molecule has 2 unspecified atom stereocenters. The molecule has 2 atom stereocenters. The predicted molar refractivity (Wildman–Crippen MR) is 65.5 cm³/mol. The number of aromatic nitrogens is 2. The maximum Gasteiger partial charge on any atom is 0.0948 e. The molecule has 2 fully saturated rings. The molecule has 2 aliphatic rings. The van der Waals surface area contributed by atoms with E-state index in [0.29, 0.717) is 12.1 Å². The van der Waals surface area contributed by atoms with E-state index in [1.807, 2.05) is 12.5 Å². The quantitative estimate of drug-likeness (QED) is 0.861. The Morgan fingerprint density at radius 2 is 2.06 bits per heavy atom. The lowest BCUT2D eigenvalue weighted by Crippen LogP contribution is -2.44. The standard InChI is InChI=1S/C13H21N3O/c1-2-15-9-14-7-12(15)8-16-10-3-4-11(16)6-13(17)5-10/h7,9-11,13,17H,2-6,8H2,1H3. The van der Waals surface area contributed by atoms with Gasteiger partial charge >= 0.3 is 0 Å². The van der Waals surface area contributed by atoms with Gasteiger partial charge in [-0.25, -0.2) is 4.98 Å². The molecule has 0 saturated carbocycles. The summed E-state index contributed by atoms with van der Waals surface area (Å²) < 4.78 is 2.21. The van der Waals surface area contributed by atoms with Crippen molar-refractivity contribution in [1.82, 2.24) is 14.5 Å². The molecular weight excluding hydrogens is 214 g/mol. The second kappa shape index (κ2) is 4.42. The van der Waals surface area contributed by atoms with Crippen molar-refractivity contribution in [1.29, 1.82) is 0 Å². The highest BCUT2D eigenvalue weighted by molar-refractivity contribution is 5.03. The van der Waals surface area contributed by atoms with Crippen molar-refractivity contribution in [2.75, 3.05) is 0 Å². The fourth-order valence-corrected chi connectivity index (χ4v) is 3.46. The van der Waals surface area contributed by atoms with Gasteiger partial charge in [0.1, 0.15) is 0 Å². The fraction of sp³-hybridized carbons (Fsp3) is 0.769. The second-order valence-corrected chi connectivity index (χ2v) is 5.35. The van der Waals surface area contributed by atoms with Crippen molar-refractivity contribution in [3.63, 3.8) is 0 Å². The summed E-state index contributed by atoms with van der Waals surface area (Å²) in [5, 5.41) is 9.79. The van der Waals surface area contributed by atoms with E-state index >= 15 is 0 Å². The molecule has 2 saturated heterocycles. The van der Waals surface area contributed by atoms with E-state index in [9.17, 15) is 5.11 Å². The molecule has 0 aromatic carbocycles. The average Bonchev–Trinajstić information content (AvgIpc) is 2.84. The summed E-state index contributed by atoms with van der Waals surface area (Å²) in [6.07, 6.45) is 8.24. The number of rotatable bonds is 3. The van der Waals surface area contributed by atoms with E-state index in [1.165, 1.54) is 18.5 Å². The van der Waals surface area contributed by atoms with Crippen LogP contribution in [-0.2, 0) is 13.1 Å². The molecule has 4 heteroatoms. The minimum atomic E-state index is -0.0696. The third-order valence-corrected chi connectivity index (χ3v) is 4.34. The molecule has 1 aromatic rings. The predicted octanol–water partition coefficient (Wildman–Crippen LogP) is 1.39. The van der Waals surface area contributed by atoms with Crippen molar-refractivity contribution in [2.45, 2.75) is 63.9 Å². The van der Waals surface area contributed by atoms with Crippen molar-refractivity contribution in [2.24, 2.45) is 0 Å². The molecule has 94 valence electrons. The van der Waals surface area contributed by atoms with Crippen LogP contribution in [0.5, 0.6) is 0 Å². The molecule has 3 heterocycles. The number of piperidine rings is 1. The molecule has 0 radical (unpaired) electrons. The van der Waals surface area contributed by atoms with Crippen LogP contribution < -0.4 is 0 Å². The monoisotopic (exact) mass is 235 g/mol. The van der Waals surface area contributed by atoms with Crippen LogP contribution in [0.1, 0.15) is 38.3 Å². The maximum atomic E-state index is 9.79. The minimum absolute atomic E-state index is 0.0696. The third kappa shape index (κ3) is 2.00. The summed E-state index contributed by atoms with van der Waals surface area (Å²) >= 11 is 0. The van der Waals surface area contributed by atoms with E-state index < -0.39 is 0 Å². The zero-order chi connectivity index (χ0) is 11.8. The Bertz CT molecular complexity index is 376. The Labute approximate surface area is 102 Å². The number of hydrogen-bond donors (Lipinski definition) is 1. The van der Waals surface area contributed by atoms with Gasteiger partial charge < -0.3 is 9.67 Å². The number of fused-ring (bicyclic) bond motifs is 2. The highest BCUT2D eigenvalue weighted by Gasteiger charge is 2.40. The molecule has 17 heavy (non-hydrogen) atoms. The lowest BCUT2D eigenvalue weighted by molar-refractivity contribution is 0.0298. The van der Waals surface area contributed by atoms with Gasteiger partial charge in [-0.15, -0.1) is 0 Å². The number of imidazole rings is 1. The molecule has 2 bridgehead atoms. The lowest BCUT2D eigenvalue weighted by atomic mass is 10.00. The van der Waals surface area contributed by atoms with Gasteiger partial charge in [0.05, 0.1) is 18.1 Å². The van der Waals surface area contributed by atoms with Gasteiger partial charge in [0.2, 0.25) is 0 Å². The number of aryl methyl sites for hydroxylation is 1. The summed E-state index contributed by atoms with van der Waals surface area (Å²) in [5.74, 6) is 0. The van der Waals surface area contributed by atoms with Crippen LogP contribution in [0.25, 0.3) is 0 Å². The first-order valence-electron chi connectivity index (χ1n) is 6.70. The molecule has 1 N–H and O–H groups in total. The van der Waals surface area contributed by atoms with Crippen LogP contribution in [0.15, 0.2) is 12.5 Å². The van der Waals surface area contributed by atoms with E-state index in [1.54, 1.807) is 0 Å². The van der Waals surface area contributed by atoms with Crippen LogP contribution in [0.3, 0.4) is 0 Å². The Morgan fingerprint density at radius 3 is 2.71 bits per heavy atom. The first-order valence-corrected chi connectivity index (χ1v) is 6.70. The first-order chi connectivity index (χ1) is 8.28. The fourth-order valence-electron chi connectivity index (χ4n) is 3.46. The number of aliphatic hydroxyl groups excluding tert-OH is 1. The zero-order valence-electron chi connectivity index (χ0n) is 10.4. The SMILES string of the molecule is CCn1cncc1CN1C2CCC1CC(O)C2. The van der Waals surface area contributed by atoms with E-state index in [0.717, 1.165) is 25.9 Å². The Morgan fingerprint density at radius 1 is 1.35 bits per heavy atom. The van der Waals surface area contributed by atoms with Gasteiger partial charge in [0, 0.05) is 31.4 Å². The molecular formula is C13H21N3O. The maximum absolute atomic E-state index is 9.79. The van der Waals surface area contributed by atoms with Crippen molar-refractivity contribution < 1.29 is 5.11 Å². The Balaban J connectivity index is 1.74. The molecule has 4 nitrogen and oxygen atoms in total. The van der Waals surface area contributed by atoms with Crippen LogP contribution in [0, 0.1) is 0 Å². The smallest absolute Gasteiger partial charge is 0.0948 e. The topological polar surface area (TPSA) is 41.3 Å². The number of nitrogens with zero attached hydrogens (tertiary/aromatic N) is 3. The minimum Gasteiger partial charge on any atom is -0.393 e. The largest absolute Gasteiger partial charge is 0.393 e. The van der Waals surface area contributed by atoms with E-state index in [-0.39, 0.29) is 6.10 Å². The molecule has 0 aliphatic carbocycles. The van der Waals surface area contributed by atoms with Gasteiger partial charge in [-0.05, 0) is 32.6 Å². The van der Waals surface area contributed by atoms with E-state index in [4.69, 9.17) is 0 Å². The van der Waals surface area contributed by atoms with Gasteiger partial charge in [-0.1, -0.05) is 0 Å². The van der Waals surface area contributed by atoms with Gasteiger partial charge in [-0.3, -0.25) is 4.90 Å². The summed E-state index contributed by atoms with van der Waals surface area (Å²) in [4.78, 5) is 6.81. The van der Waals surface area contributed by atoms with Gasteiger partial charge in [0.15, 0.2) is 0 Å². The highest BCUT2D eigenvalue weighted by Crippen LogP contribution is 2.36. The molecule has 0 spiro atoms. The van der Waals surface area contributed by atoms with Gasteiger partial charge in [-0.2, -0.15) is 0 Å². The molecule has 1 aromatic heterocycles. The van der Waals surface area contributed by atoms with Gasteiger partial charge in [0.25, 0.3) is 0 Å². The van der Waals surface area contributed by atoms with Crippen LogP contribution in [0.2, 0.25) is 0 Å². The molecule has 0 amide bonds. The summed E-state index contributed by atoms with van der Waals surface area (Å²) in [7, 11) is 0.